The molecule has 3 heterocycles. The monoisotopic (exact) mass is 330 g/mol. The van der Waals surface area contributed by atoms with E-state index in [4.69, 9.17) is 4.98 Å². The lowest BCUT2D eigenvalue weighted by molar-refractivity contribution is 0.478. The van der Waals surface area contributed by atoms with Gasteiger partial charge in [-0.15, -0.1) is 5.10 Å². The summed E-state index contributed by atoms with van der Waals surface area (Å²) in [7, 11) is 0. The van der Waals surface area contributed by atoms with Crippen LogP contribution in [0.25, 0.3) is 34.0 Å². The molecule has 1 saturated carbocycles. The van der Waals surface area contributed by atoms with Crippen molar-refractivity contribution in [2.24, 2.45) is 0 Å². The summed E-state index contributed by atoms with van der Waals surface area (Å²) >= 11 is 0. The van der Waals surface area contributed by atoms with Crippen molar-refractivity contribution < 1.29 is 0 Å². The number of fused-ring (bicyclic) bond motifs is 2. The van der Waals surface area contributed by atoms with Gasteiger partial charge in [-0.25, -0.2) is 9.67 Å². The minimum Gasteiger partial charge on any atom is -0.244 e. The SMILES string of the molecule is C=Cc1cc(-n2nnc3ccccc32)nc2c1cnn2C1CCCC1. The molecule has 6 nitrogen and oxygen atoms in total. The zero-order chi connectivity index (χ0) is 16.8. The zero-order valence-corrected chi connectivity index (χ0v) is 13.8. The minimum absolute atomic E-state index is 0.436. The number of benzene rings is 1. The van der Waals surface area contributed by atoms with Crippen LogP contribution in [0, 0.1) is 0 Å². The highest BCUT2D eigenvalue weighted by atomic mass is 15.4. The summed E-state index contributed by atoms with van der Waals surface area (Å²) in [4.78, 5) is 4.89. The van der Waals surface area contributed by atoms with Gasteiger partial charge in [0.1, 0.15) is 5.52 Å². The van der Waals surface area contributed by atoms with Crippen molar-refractivity contribution in [1.82, 2.24) is 29.8 Å². The smallest absolute Gasteiger partial charge is 0.161 e. The third-order valence-corrected chi connectivity index (χ3v) is 5.04. The normalized spacial score (nSPS) is 15.4. The molecule has 124 valence electrons. The molecule has 1 aliphatic rings. The van der Waals surface area contributed by atoms with Crippen LogP contribution in [0.3, 0.4) is 0 Å². The maximum atomic E-state index is 4.89. The Kier molecular flexibility index (Phi) is 3.16. The second-order valence-electron chi connectivity index (χ2n) is 6.53. The first-order valence-corrected chi connectivity index (χ1v) is 8.66. The number of pyridine rings is 1. The average molecular weight is 330 g/mol. The standard InChI is InChI=1S/C19H18N6/c1-2-13-11-18(25-17-10-6-5-9-16(17)22-23-25)21-19-15(13)12-20-24(19)14-7-3-4-8-14/h2,5-6,9-12,14H,1,3-4,7-8H2. The predicted molar refractivity (Wildman–Crippen MR) is 97.5 cm³/mol. The van der Waals surface area contributed by atoms with E-state index in [2.05, 4.69) is 26.7 Å². The highest BCUT2D eigenvalue weighted by Gasteiger charge is 2.21. The van der Waals surface area contributed by atoms with E-state index in [0.717, 1.165) is 33.4 Å². The molecule has 1 aliphatic carbocycles. The first-order chi connectivity index (χ1) is 12.3. The van der Waals surface area contributed by atoms with E-state index in [1.54, 1.807) is 4.68 Å². The van der Waals surface area contributed by atoms with Crippen molar-refractivity contribution in [1.29, 1.82) is 0 Å². The van der Waals surface area contributed by atoms with Crippen LogP contribution in [0.5, 0.6) is 0 Å². The lowest BCUT2D eigenvalue weighted by atomic mass is 10.2. The Hall–Kier alpha value is -3.02. The van der Waals surface area contributed by atoms with Gasteiger partial charge in [0.2, 0.25) is 0 Å². The average Bonchev–Trinajstić information content (AvgIpc) is 3.38. The summed E-state index contributed by atoms with van der Waals surface area (Å²) in [6.45, 7) is 3.96. The quantitative estimate of drug-likeness (QED) is 0.571. The molecular formula is C19H18N6. The molecule has 1 aromatic carbocycles. The van der Waals surface area contributed by atoms with Gasteiger partial charge in [0.25, 0.3) is 0 Å². The molecule has 1 fully saturated rings. The molecule has 0 spiro atoms. The van der Waals surface area contributed by atoms with Crippen LogP contribution in [0.1, 0.15) is 37.3 Å². The van der Waals surface area contributed by atoms with Crippen molar-refractivity contribution in [3.63, 3.8) is 0 Å². The highest BCUT2D eigenvalue weighted by molar-refractivity contribution is 5.86. The van der Waals surface area contributed by atoms with Gasteiger partial charge in [-0.05, 0) is 36.6 Å². The highest BCUT2D eigenvalue weighted by Crippen LogP contribution is 2.32. The fourth-order valence-electron chi connectivity index (χ4n) is 3.76. The van der Waals surface area contributed by atoms with E-state index in [1.165, 1.54) is 25.7 Å². The molecule has 4 aromatic rings. The first kappa shape index (κ1) is 14.3. The summed E-state index contributed by atoms with van der Waals surface area (Å²) in [5.41, 5.74) is 3.72. The predicted octanol–water partition coefficient (Wildman–Crippen LogP) is 3.92. The molecule has 3 aromatic heterocycles. The maximum absolute atomic E-state index is 4.89. The number of rotatable bonds is 3. The van der Waals surface area contributed by atoms with Crippen LogP contribution in [-0.4, -0.2) is 29.8 Å². The first-order valence-electron chi connectivity index (χ1n) is 8.66. The largest absolute Gasteiger partial charge is 0.244 e. The Morgan fingerprint density at radius 2 is 2.00 bits per heavy atom. The van der Waals surface area contributed by atoms with E-state index < -0.39 is 0 Å². The molecule has 0 atom stereocenters. The Balaban J connectivity index is 1.75. The van der Waals surface area contributed by atoms with Crippen molar-refractivity contribution >= 4 is 28.1 Å². The number of aromatic nitrogens is 6. The van der Waals surface area contributed by atoms with Gasteiger partial charge >= 0.3 is 0 Å². The van der Waals surface area contributed by atoms with Crippen LogP contribution < -0.4 is 0 Å². The van der Waals surface area contributed by atoms with Gasteiger partial charge in [0, 0.05) is 5.39 Å². The van der Waals surface area contributed by atoms with E-state index in [1.807, 2.05) is 42.6 Å². The topological polar surface area (TPSA) is 61.4 Å². The molecular weight excluding hydrogens is 312 g/mol. The maximum Gasteiger partial charge on any atom is 0.161 e. The van der Waals surface area contributed by atoms with E-state index in [9.17, 15) is 0 Å². The van der Waals surface area contributed by atoms with Gasteiger partial charge in [-0.3, -0.25) is 0 Å². The van der Waals surface area contributed by atoms with Crippen molar-refractivity contribution in [2.75, 3.05) is 0 Å². The Labute approximate surface area is 144 Å². The molecule has 6 heteroatoms. The second-order valence-corrected chi connectivity index (χ2v) is 6.53. The molecule has 0 unspecified atom stereocenters. The number of hydrogen-bond acceptors (Lipinski definition) is 4. The van der Waals surface area contributed by atoms with Gasteiger partial charge in [0.15, 0.2) is 11.5 Å². The molecule has 25 heavy (non-hydrogen) atoms. The molecule has 0 radical (unpaired) electrons. The van der Waals surface area contributed by atoms with E-state index in [0.29, 0.717) is 6.04 Å². The van der Waals surface area contributed by atoms with Gasteiger partial charge < -0.3 is 0 Å². The summed E-state index contributed by atoms with van der Waals surface area (Å²) in [5, 5.41) is 14.2. The Morgan fingerprint density at radius 3 is 2.84 bits per heavy atom. The number of hydrogen-bond donors (Lipinski definition) is 0. The van der Waals surface area contributed by atoms with Gasteiger partial charge in [-0.1, -0.05) is 42.8 Å². The minimum atomic E-state index is 0.436. The molecule has 0 amide bonds. The third-order valence-electron chi connectivity index (χ3n) is 5.04. The molecule has 5 rings (SSSR count). The van der Waals surface area contributed by atoms with Crippen LogP contribution in [0.15, 0.2) is 43.1 Å². The summed E-state index contributed by atoms with van der Waals surface area (Å²) < 4.78 is 3.87. The molecule has 0 N–H and O–H groups in total. The van der Waals surface area contributed by atoms with Gasteiger partial charge in [0.05, 0.1) is 17.8 Å². The fourth-order valence-corrected chi connectivity index (χ4v) is 3.76. The van der Waals surface area contributed by atoms with Crippen LogP contribution in [0.4, 0.5) is 0 Å². The van der Waals surface area contributed by atoms with E-state index in [-0.39, 0.29) is 0 Å². The molecule has 0 aliphatic heterocycles. The van der Waals surface area contributed by atoms with Gasteiger partial charge in [-0.2, -0.15) is 9.78 Å². The zero-order valence-electron chi connectivity index (χ0n) is 13.8. The summed E-state index contributed by atoms with van der Waals surface area (Å²) in [6, 6.07) is 10.3. The molecule has 0 bridgehead atoms. The van der Waals surface area contributed by atoms with Crippen molar-refractivity contribution in [3.05, 3.63) is 48.7 Å². The van der Waals surface area contributed by atoms with E-state index >= 15 is 0 Å². The van der Waals surface area contributed by atoms with Crippen LogP contribution in [-0.2, 0) is 0 Å². The number of para-hydroxylation sites is 1. The Bertz CT molecular complexity index is 1080. The lowest BCUT2D eigenvalue weighted by Gasteiger charge is -2.12. The fraction of sp³-hybridized carbons (Fsp3) is 0.263. The van der Waals surface area contributed by atoms with Crippen molar-refractivity contribution in [3.8, 4) is 5.82 Å². The number of nitrogens with zero attached hydrogens (tertiary/aromatic N) is 6. The Morgan fingerprint density at radius 1 is 1.16 bits per heavy atom. The van der Waals surface area contributed by atoms with Crippen LogP contribution in [0.2, 0.25) is 0 Å². The third kappa shape index (κ3) is 2.17. The van der Waals surface area contributed by atoms with Crippen LogP contribution >= 0.6 is 0 Å². The summed E-state index contributed by atoms with van der Waals surface area (Å²) in [5.74, 6) is 0.746. The summed E-state index contributed by atoms with van der Waals surface area (Å²) in [6.07, 6.45) is 8.60. The molecule has 0 saturated heterocycles. The second kappa shape index (κ2) is 5.51. The van der Waals surface area contributed by atoms with Crippen molar-refractivity contribution in [2.45, 2.75) is 31.7 Å². The lowest BCUT2D eigenvalue weighted by Crippen LogP contribution is -2.09.